The van der Waals surface area contributed by atoms with E-state index in [2.05, 4.69) is 53.7 Å². The van der Waals surface area contributed by atoms with E-state index < -0.39 is 5.54 Å². The van der Waals surface area contributed by atoms with E-state index in [1.807, 2.05) is 24.3 Å². The van der Waals surface area contributed by atoms with Gasteiger partial charge in [0.1, 0.15) is 5.54 Å². The average Bonchev–Trinajstić information content (AvgIpc) is 3.22. The van der Waals surface area contributed by atoms with Gasteiger partial charge >= 0.3 is 0 Å². The van der Waals surface area contributed by atoms with Crippen LogP contribution in [-0.2, 0) is 5.54 Å². The molecule has 0 amide bonds. The van der Waals surface area contributed by atoms with Crippen LogP contribution >= 0.6 is 11.3 Å². The summed E-state index contributed by atoms with van der Waals surface area (Å²) < 4.78 is 0. The SMILES string of the molecule is CN(CC1CC1)C(C#N)(CC=Cc1ccccc1)c1cccs1. The maximum Gasteiger partial charge on any atom is 0.147 e. The van der Waals surface area contributed by atoms with Crippen molar-refractivity contribution in [1.29, 1.82) is 5.26 Å². The molecule has 1 atom stereocenters. The molecule has 2 aromatic rings. The Hall–Kier alpha value is -1.89. The zero-order valence-corrected chi connectivity index (χ0v) is 14.3. The largest absolute Gasteiger partial charge is 0.284 e. The summed E-state index contributed by atoms with van der Waals surface area (Å²) in [5.41, 5.74) is 0.623. The topological polar surface area (TPSA) is 27.0 Å². The maximum absolute atomic E-state index is 10.0. The predicted octanol–water partition coefficient (Wildman–Crippen LogP) is 4.91. The highest BCUT2D eigenvalue weighted by Crippen LogP contribution is 2.38. The standard InChI is InChI=1S/C20H22N2S/c1-22(15-18-11-12-18)20(16-21,19-10-6-14-23-19)13-5-9-17-7-3-2-4-8-17/h2-10,14,18H,11-13,15H2,1H3. The zero-order chi connectivity index (χ0) is 16.1. The number of nitriles is 1. The first kappa shape index (κ1) is 16.0. The molecule has 0 spiro atoms. The van der Waals surface area contributed by atoms with Gasteiger partial charge in [0.15, 0.2) is 0 Å². The minimum atomic E-state index is -0.554. The lowest BCUT2D eigenvalue weighted by molar-refractivity contribution is 0.173. The summed E-state index contributed by atoms with van der Waals surface area (Å²) in [5, 5.41) is 12.1. The molecule has 1 aliphatic carbocycles. The fraction of sp³-hybridized carbons (Fsp3) is 0.350. The van der Waals surface area contributed by atoms with E-state index in [0.29, 0.717) is 6.42 Å². The first-order valence-corrected chi connectivity index (χ1v) is 9.00. The van der Waals surface area contributed by atoms with Crippen LogP contribution in [0.3, 0.4) is 0 Å². The lowest BCUT2D eigenvalue weighted by Gasteiger charge is -2.35. The van der Waals surface area contributed by atoms with Crippen molar-refractivity contribution in [2.24, 2.45) is 5.92 Å². The van der Waals surface area contributed by atoms with Gasteiger partial charge in [0.05, 0.1) is 6.07 Å². The lowest BCUT2D eigenvalue weighted by Crippen LogP contribution is -2.42. The lowest BCUT2D eigenvalue weighted by atomic mass is 9.92. The predicted molar refractivity (Wildman–Crippen MR) is 97.1 cm³/mol. The Morgan fingerprint density at radius 3 is 2.65 bits per heavy atom. The van der Waals surface area contributed by atoms with Gasteiger partial charge in [0.25, 0.3) is 0 Å². The van der Waals surface area contributed by atoms with E-state index in [1.54, 1.807) is 11.3 Å². The van der Waals surface area contributed by atoms with Crippen molar-refractivity contribution in [1.82, 2.24) is 4.90 Å². The highest BCUT2D eigenvalue weighted by Gasteiger charge is 2.39. The molecule has 1 heterocycles. The van der Waals surface area contributed by atoms with Crippen molar-refractivity contribution >= 4 is 17.4 Å². The molecule has 0 N–H and O–H groups in total. The van der Waals surface area contributed by atoms with E-state index in [-0.39, 0.29) is 0 Å². The maximum atomic E-state index is 10.0. The third-order valence-electron chi connectivity index (χ3n) is 4.52. The molecular weight excluding hydrogens is 300 g/mol. The van der Waals surface area contributed by atoms with Crippen LogP contribution in [0.5, 0.6) is 0 Å². The van der Waals surface area contributed by atoms with Crippen LogP contribution in [0.1, 0.15) is 29.7 Å². The van der Waals surface area contributed by atoms with E-state index in [9.17, 15) is 5.26 Å². The highest BCUT2D eigenvalue weighted by molar-refractivity contribution is 7.10. The molecule has 1 saturated carbocycles. The smallest absolute Gasteiger partial charge is 0.147 e. The Labute approximate surface area is 142 Å². The first-order chi connectivity index (χ1) is 11.2. The molecule has 1 aromatic heterocycles. The molecule has 2 nitrogen and oxygen atoms in total. The van der Waals surface area contributed by atoms with Crippen LogP contribution in [0.2, 0.25) is 0 Å². The zero-order valence-electron chi connectivity index (χ0n) is 13.5. The summed E-state index contributed by atoms with van der Waals surface area (Å²) >= 11 is 1.68. The molecule has 0 aliphatic heterocycles. The van der Waals surface area contributed by atoms with Crippen molar-refractivity contribution < 1.29 is 0 Å². The van der Waals surface area contributed by atoms with Crippen LogP contribution in [0.25, 0.3) is 6.08 Å². The van der Waals surface area contributed by atoms with Crippen molar-refractivity contribution in [3.8, 4) is 6.07 Å². The monoisotopic (exact) mass is 322 g/mol. The number of rotatable bonds is 7. The van der Waals surface area contributed by atoms with Gasteiger partial charge in [-0.15, -0.1) is 11.3 Å². The van der Waals surface area contributed by atoms with Gasteiger partial charge in [-0.25, -0.2) is 0 Å². The molecule has 1 unspecified atom stereocenters. The molecule has 1 aliphatic rings. The second kappa shape index (κ2) is 7.12. The van der Waals surface area contributed by atoms with Crippen molar-refractivity contribution in [2.75, 3.05) is 13.6 Å². The third kappa shape index (κ3) is 3.72. The number of hydrogen-bond acceptors (Lipinski definition) is 3. The van der Waals surface area contributed by atoms with Gasteiger partial charge in [-0.3, -0.25) is 4.90 Å². The Morgan fingerprint density at radius 1 is 1.26 bits per heavy atom. The van der Waals surface area contributed by atoms with Gasteiger partial charge in [-0.05, 0) is 42.8 Å². The van der Waals surface area contributed by atoms with Gasteiger partial charge < -0.3 is 0 Å². The van der Waals surface area contributed by atoms with Gasteiger partial charge in [0, 0.05) is 17.8 Å². The summed E-state index contributed by atoms with van der Waals surface area (Å²) in [4.78, 5) is 3.40. The fourth-order valence-corrected chi connectivity index (χ4v) is 3.86. The number of nitrogens with zero attached hydrogens (tertiary/aromatic N) is 2. The third-order valence-corrected chi connectivity index (χ3v) is 5.54. The van der Waals surface area contributed by atoms with Gasteiger partial charge in [-0.2, -0.15) is 5.26 Å². The van der Waals surface area contributed by atoms with E-state index in [1.165, 1.54) is 18.4 Å². The second-order valence-electron chi connectivity index (χ2n) is 6.29. The average molecular weight is 322 g/mol. The van der Waals surface area contributed by atoms with E-state index in [0.717, 1.165) is 17.3 Å². The van der Waals surface area contributed by atoms with E-state index in [4.69, 9.17) is 0 Å². The van der Waals surface area contributed by atoms with Gasteiger partial charge in [0.2, 0.25) is 0 Å². The minimum Gasteiger partial charge on any atom is -0.284 e. The van der Waals surface area contributed by atoms with Crippen LogP contribution in [0.4, 0.5) is 0 Å². The Morgan fingerprint density at radius 2 is 2.04 bits per heavy atom. The minimum absolute atomic E-state index is 0.554. The van der Waals surface area contributed by atoms with Crippen molar-refractivity contribution in [3.63, 3.8) is 0 Å². The molecule has 3 heteroatoms. The van der Waals surface area contributed by atoms with Crippen molar-refractivity contribution in [3.05, 3.63) is 64.4 Å². The van der Waals surface area contributed by atoms with Crippen molar-refractivity contribution in [2.45, 2.75) is 24.8 Å². The molecular formula is C20H22N2S. The summed E-state index contributed by atoms with van der Waals surface area (Å²) in [5.74, 6) is 0.769. The molecule has 1 fully saturated rings. The van der Waals surface area contributed by atoms with Crippen LogP contribution in [0.15, 0.2) is 53.9 Å². The highest BCUT2D eigenvalue weighted by atomic mass is 32.1. The van der Waals surface area contributed by atoms with Crippen LogP contribution < -0.4 is 0 Å². The van der Waals surface area contributed by atoms with Crippen LogP contribution in [0, 0.1) is 17.2 Å². The summed E-state index contributed by atoms with van der Waals surface area (Å²) in [6.07, 6.45) is 7.57. The van der Waals surface area contributed by atoms with Crippen LogP contribution in [-0.4, -0.2) is 18.5 Å². The summed E-state index contributed by atoms with van der Waals surface area (Å²) in [6, 6.07) is 17.0. The van der Waals surface area contributed by atoms with Gasteiger partial charge in [-0.1, -0.05) is 48.6 Å². The molecule has 3 rings (SSSR count). The molecule has 1 aromatic carbocycles. The summed E-state index contributed by atoms with van der Waals surface area (Å²) in [7, 11) is 2.09. The summed E-state index contributed by atoms with van der Waals surface area (Å²) in [6.45, 7) is 1.00. The molecule has 0 radical (unpaired) electrons. The number of thiophene rings is 1. The molecule has 0 bridgehead atoms. The molecule has 23 heavy (non-hydrogen) atoms. The Kier molecular flexibility index (Phi) is 4.95. The molecule has 0 saturated heterocycles. The molecule has 118 valence electrons. The number of hydrogen-bond donors (Lipinski definition) is 0. The second-order valence-corrected chi connectivity index (χ2v) is 7.24. The fourth-order valence-electron chi connectivity index (χ4n) is 2.92. The first-order valence-electron chi connectivity index (χ1n) is 8.13. The quantitative estimate of drug-likeness (QED) is 0.724. The number of benzene rings is 1. The Balaban J connectivity index is 1.82. The normalized spacial score (nSPS) is 17.3. The van der Waals surface area contributed by atoms with E-state index >= 15 is 0 Å². The Bertz CT molecular complexity index is 680.